The predicted octanol–water partition coefficient (Wildman–Crippen LogP) is 5.06. The molecule has 2 fully saturated rings. The number of aliphatic imine (C=N–C) groups is 1. The Hall–Kier alpha value is -0.0300. The van der Waals surface area contributed by atoms with E-state index in [1.807, 2.05) is 0 Å². The molecule has 2 aliphatic rings. The highest BCUT2D eigenvalue weighted by Crippen LogP contribution is 2.71. The van der Waals surface area contributed by atoms with E-state index >= 15 is 0 Å². The Kier molecular flexibility index (Phi) is 7.87. The van der Waals surface area contributed by atoms with Crippen molar-refractivity contribution in [3.05, 3.63) is 0 Å². The first-order chi connectivity index (χ1) is 11.9. The Bertz CT molecular complexity index is 517. The van der Waals surface area contributed by atoms with Gasteiger partial charge in [-0.1, -0.05) is 0 Å². The van der Waals surface area contributed by atoms with E-state index in [0.717, 1.165) is 25.0 Å². The second-order valence-electron chi connectivity index (χ2n) is 6.30. The molecule has 0 aliphatic heterocycles. The molecule has 2 rings (SSSR count). The van der Waals surface area contributed by atoms with Crippen molar-refractivity contribution in [3.63, 3.8) is 0 Å². The van der Waals surface area contributed by atoms with Crippen LogP contribution in [-0.2, 0) is 27.2 Å². The molecule has 7 nitrogen and oxygen atoms in total. The van der Waals surface area contributed by atoms with Crippen molar-refractivity contribution in [2.75, 3.05) is 26.4 Å². The lowest BCUT2D eigenvalue weighted by Gasteiger charge is -2.30. The lowest BCUT2D eigenvalue weighted by Crippen LogP contribution is -2.20. The van der Waals surface area contributed by atoms with E-state index < -0.39 is 20.7 Å². The van der Waals surface area contributed by atoms with Crippen LogP contribution in [0.3, 0.4) is 0 Å². The summed E-state index contributed by atoms with van der Waals surface area (Å²) in [5.74, 6) is 1.00. The van der Waals surface area contributed by atoms with Gasteiger partial charge < -0.3 is 18.1 Å². The normalized spacial score (nSPS) is 25.4. The van der Waals surface area contributed by atoms with Crippen molar-refractivity contribution in [2.45, 2.75) is 58.9 Å². The molecule has 2 unspecified atom stereocenters. The van der Waals surface area contributed by atoms with E-state index in [-0.39, 0.29) is 26.4 Å². The Morgan fingerprint density at radius 2 is 1.40 bits per heavy atom. The summed E-state index contributed by atoms with van der Waals surface area (Å²) in [5.41, 5.74) is -0.297. The summed E-state index contributed by atoms with van der Waals surface area (Å²) in [5, 5.41) is 0. The number of hydrogen-bond acceptors (Lipinski definition) is 7. The van der Waals surface area contributed by atoms with Gasteiger partial charge >= 0.3 is 15.2 Å². The zero-order valence-corrected chi connectivity index (χ0v) is 17.5. The van der Waals surface area contributed by atoms with Crippen LogP contribution in [0.1, 0.15) is 53.4 Å². The van der Waals surface area contributed by atoms with Gasteiger partial charge in [0.05, 0.1) is 26.4 Å². The van der Waals surface area contributed by atoms with Gasteiger partial charge in [-0.25, -0.2) is 0 Å². The third-order valence-electron chi connectivity index (χ3n) is 4.59. The molecule has 0 saturated heterocycles. The molecular formula is C16H31NO6P2. The maximum atomic E-state index is 13.4. The summed E-state index contributed by atoms with van der Waals surface area (Å²) in [6, 6.07) is 0. The molecular weight excluding hydrogens is 364 g/mol. The van der Waals surface area contributed by atoms with Crippen LogP contribution < -0.4 is 0 Å². The number of hydrogen-bond donors (Lipinski definition) is 0. The Balaban J connectivity index is 2.44. The summed E-state index contributed by atoms with van der Waals surface area (Å²) in [6.45, 7) is 7.57. The summed E-state index contributed by atoms with van der Waals surface area (Å²) < 4.78 is 48.7. The molecule has 0 radical (unpaired) electrons. The summed E-state index contributed by atoms with van der Waals surface area (Å²) in [7, 11) is -7.57. The molecule has 0 aromatic carbocycles. The van der Waals surface area contributed by atoms with Crippen LogP contribution in [0.25, 0.3) is 0 Å². The Morgan fingerprint density at radius 1 is 0.920 bits per heavy atom. The molecule has 2 aliphatic carbocycles. The van der Waals surface area contributed by atoms with Crippen molar-refractivity contribution >= 4 is 20.9 Å². The topological polar surface area (TPSA) is 83.4 Å². The van der Waals surface area contributed by atoms with Crippen molar-refractivity contribution in [3.8, 4) is 0 Å². The van der Waals surface area contributed by atoms with E-state index in [1.165, 1.54) is 6.42 Å². The van der Waals surface area contributed by atoms with Crippen LogP contribution in [0.2, 0.25) is 0 Å². The Morgan fingerprint density at radius 3 is 1.72 bits per heavy atom. The first kappa shape index (κ1) is 21.3. The first-order valence-electron chi connectivity index (χ1n) is 9.26. The standard InChI is InChI=1S/C16H31NO6P2/c1-5-20-24(18,21-6-2)16(25(19,22-7-3)23-8-4)17-15-12-13-9-10-14(15)11-13/h13-14,16H,5-12H2,1-4H3/b17-15-. The average molecular weight is 395 g/mol. The predicted molar refractivity (Wildman–Crippen MR) is 98.4 cm³/mol. The lowest BCUT2D eigenvalue weighted by molar-refractivity contribution is 0.196. The van der Waals surface area contributed by atoms with Gasteiger partial charge in [0.25, 0.3) is 5.52 Å². The van der Waals surface area contributed by atoms with Crippen LogP contribution in [0.15, 0.2) is 4.99 Å². The van der Waals surface area contributed by atoms with Crippen LogP contribution in [0.4, 0.5) is 0 Å². The first-order valence-corrected chi connectivity index (χ1v) is 12.5. The van der Waals surface area contributed by atoms with E-state index in [0.29, 0.717) is 11.8 Å². The lowest BCUT2D eigenvalue weighted by atomic mass is 9.99. The van der Waals surface area contributed by atoms with E-state index in [9.17, 15) is 9.13 Å². The van der Waals surface area contributed by atoms with Gasteiger partial charge in [0.1, 0.15) is 0 Å². The van der Waals surface area contributed by atoms with Crippen molar-refractivity contribution in [1.29, 1.82) is 0 Å². The average Bonchev–Trinajstić information content (AvgIpc) is 3.16. The molecule has 0 amide bonds. The van der Waals surface area contributed by atoms with Crippen molar-refractivity contribution in [2.24, 2.45) is 16.8 Å². The fourth-order valence-electron chi connectivity index (χ4n) is 3.71. The zero-order valence-electron chi connectivity index (χ0n) is 15.7. The highest BCUT2D eigenvalue weighted by atomic mass is 31.2. The molecule has 2 saturated carbocycles. The van der Waals surface area contributed by atoms with Crippen LogP contribution in [0.5, 0.6) is 0 Å². The molecule has 0 spiro atoms. The SMILES string of the molecule is CCOP(=O)(OCC)C(/N=C1/CC2CCC1C2)P(=O)(OCC)OCC. The fraction of sp³-hybridized carbons (Fsp3) is 0.938. The third kappa shape index (κ3) is 4.82. The second-order valence-corrected chi connectivity index (χ2v) is 10.9. The zero-order chi connectivity index (χ0) is 18.5. The number of nitrogens with zero attached hydrogens (tertiary/aromatic N) is 1. The molecule has 0 heterocycles. The molecule has 0 aromatic rings. The molecule has 146 valence electrons. The van der Waals surface area contributed by atoms with E-state index in [1.54, 1.807) is 27.7 Å². The van der Waals surface area contributed by atoms with Gasteiger partial charge in [-0.3, -0.25) is 14.1 Å². The quantitative estimate of drug-likeness (QED) is 0.455. The molecule has 2 atom stereocenters. The minimum absolute atomic E-state index is 0.170. The van der Waals surface area contributed by atoms with Gasteiger partial charge in [0.2, 0.25) is 0 Å². The summed E-state index contributed by atoms with van der Waals surface area (Å²) in [6.07, 6.45) is 4.25. The smallest absolute Gasteiger partial charge is 0.307 e. The van der Waals surface area contributed by atoms with Gasteiger partial charge in [0, 0.05) is 5.71 Å². The van der Waals surface area contributed by atoms with Gasteiger partial charge in [-0.05, 0) is 65.2 Å². The van der Waals surface area contributed by atoms with Crippen molar-refractivity contribution < 1.29 is 27.2 Å². The van der Waals surface area contributed by atoms with E-state index in [2.05, 4.69) is 4.99 Å². The molecule has 0 N–H and O–H groups in total. The molecule has 25 heavy (non-hydrogen) atoms. The highest BCUT2D eigenvalue weighted by molar-refractivity contribution is 7.72. The van der Waals surface area contributed by atoms with Crippen LogP contribution in [0, 0.1) is 11.8 Å². The number of fused-ring (bicyclic) bond motifs is 2. The fourth-order valence-corrected chi connectivity index (χ4v) is 8.59. The molecule has 2 bridgehead atoms. The second kappa shape index (κ2) is 9.25. The maximum absolute atomic E-state index is 13.4. The third-order valence-corrected chi connectivity index (χ3v) is 10.1. The Labute approximate surface area is 150 Å². The van der Waals surface area contributed by atoms with Gasteiger partial charge in [-0.2, -0.15) is 0 Å². The monoisotopic (exact) mass is 395 g/mol. The number of rotatable bonds is 11. The van der Waals surface area contributed by atoms with Crippen molar-refractivity contribution in [1.82, 2.24) is 0 Å². The highest BCUT2D eigenvalue weighted by Gasteiger charge is 2.52. The van der Waals surface area contributed by atoms with Crippen LogP contribution >= 0.6 is 15.2 Å². The van der Waals surface area contributed by atoms with E-state index in [4.69, 9.17) is 18.1 Å². The summed E-state index contributed by atoms with van der Waals surface area (Å²) >= 11 is 0. The minimum Gasteiger partial charge on any atom is -0.307 e. The maximum Gasteiger partial charge on any atom is 0.367 e. The molecule has 9 heteroatoms. The molecule has 0 aromatic heterocycles. The summed E-state index contributed by atoms with van der Waals surface area (Å²) in [4.78, 5) is 4.67. The van der Waals surface area contributed by atoms with Crippen LogP contribution in [-0.4, -0.2) is 37.7 Å². The largest absolute Gasteiger partial charge is 0.367 e. The minimum atomic E-state index is -3.79. The van der Waals surface area contributed by atoms with Gasteiger partial charge in [0.15, 0.2) is 0 Å². The van der Waals surface area contributed by atoms with Gasteiger partial charge in [-0.15, -0.1) is 0 Å².